The van der Waals surface area contributed by atoms with Gasteiger partial charge in [-0.15, -0.1) is 0 Å². The van der Waals surface area contributed by atoms with Gasteiger partial charge in [-0.3, -0.25) is 9.88 Å². The summed E-state index contributed by atoms with van der Waals surface area (Å²) in [5.74, 6) is -0.648. The van der Waals surface area contributed by atoms with Crippen LogP contribution in [0.2, 0.25) is 0 Å². The maximum absolute atomic E-state index is 13.3. The Morgan fingerprint density at radius 1 is 1.24 bits per heavy atom. The fourth-order valence-corrected chi connectivity index (χ4v) is 5.46. The maximum Gasteiger partial charge on any atom is 0.339 e. The van der Waals surface area contributed by atoms with Crippen LogP contribution in [0.1, 0.15) is 35.7 Å². The van der Waals surface area contributed by atoms with Crippen LogP contribution in [0.4, 0.5) is 0 Å². The molecule has 0 radical (unpaired) electrons. The van der Waals surface area contributed by atoms with Gasteiger partial charge >= 0.3 is 5.97 Å². The Bertz CT molecular complexity index is 934. The number of esters is 1. The molecule has 29 heavy (non-hydrogen) atoms. The summed E-state index contributed by atoms with van der Waals surface area (Å²) in [5, 5.41) is 0. The number of carbonyl (C=O) groups is 1. The highest BCUT2D eigenvalue weighted by molar-refractivity contribution is 7.89. The van der Waals surface area contributed by atoms with Gasteiger partial charge in [0.2, 0.25) is 10.0 Å². The summed E-state index contributed by atoms with van der Waals surface area (Å²) < 4.78 is 32.9. The number of likely N-dealkylation sites (N-methyl/N-ethyl adjacent to an activating group) is 1. The largest absolute Gasteiger partial charge is 0.465 e. The lowest BCUT2D eigenvalue weighted by Gasteiger charge is -2.38. The number of methoxy groups -OCH3 is 1. The van der Waals surface area contributed by atoms with E-state index in [4.69, 9.17) is 4.74 Å². The molecule has 1 atom stereocenters. The van der Waals surface area contributed by atoms with Crippen molar-refractivity contribution in [2.24, 2.45) is 0 Å². The number of ether oxygens (including phenoxy) is 1. The van der Waals surface area contributed by atoms with Crippen molar-refractivity contribution in [3.63, 3.8) is 0 Å². The van der Waals surface area contributed by atoms with E-state index < -0.39 is 16.0 Å². The number of aromatic nitrogens is 1. The maximum atomic E-state index is 13.3. The van der Waals surface area contributed by atoms with E-state index in [0.717, 1.165) is 31.5 Å². The minimum atomic E-state index is -3.80. The molecule has 0 N–H and O–H groups in total. The second-order valence-electron chi connectivity index (χ2n) is 7.07. The third kappa shape index (κ3) is 4.83. The molecule has 0 unspecified atom stereocenters. The Morgan fingerprint density at radius 2 is 1.97 bits per heavy atom. The first-order valence-corrected chi connectivity index (χ1v) is 11.2. The highest BCUT2D eigenvalue weighted by Crippen LogP contribution is 2.26. The monoisotopic (exact) mass is 417 g/mol. The van der Waals surface area contributed by atoms with Crippen molar-refractivity contribution in [2.75, 3.05) is 26.7 Å². The number of hydrogen-bond acceptors (Lipinski definition) is 6. The van der Waals surface area contributed by atoms with Crippen LogP contribution >= 0.6 is 0 Å². The fraction of sp³-hybridized carbons (Fsp3) is 0.429. The van der Waals surface area contributed by atoms with E-state index in [1.807, 2.05) is 12.1 Å². The van der Waals surface area contributed by atoms with Crippen LogP contribution in [-0.4, -0.2) is 61.4 Å². The number of carbonyl (C=O) groups excluding carboxylic acids is 1. The van der Waals surface area contributed by atoms with Crippen molar-refractivity contribution in [1.29, 1.82) is 0 Å². The molecular weight excluding hydrogens is 390 g/mol. The van der Waals surface area contributed by atoms with Crippen molar-refractivity contribution in [3.05, 3.63) is 59.9 Å². The van der Waals surface area contributed by atoms with Crippen molar-refractivity contribution < 1.29 is 17.9 Å². The zero-order valence-corrected chi connectivity index (χ0v) is 17.6. The number of sulfonamides is 1. The first-order chi connectivity index (χ1) is 14.0. The molecule has 1 aliphatic rings. The second-order valence-corrected chi connectivity index (χ2v) is 8.97. The van der Waals surface area contributed by atoms with Gasteiger partial charge in [0.05, 0.1) is 17.6 Å². The highest BCUT2D eigenvalue weighted by atomic mass is 32.2. The van der Waals surface area contributed by atoms with Crippen LogP contribution in [0.15, 0.2) is 53.7 Å². The van der Waals surface area contributed by atoms with Crippen LogP contribution in [0, 0.1) is 0 Å². The summed E-state index contributed by atoms with van der Waals surface area (Å²) in [6.45, 7) is 4.50. The number of piperidine rings is 1. The SMILES string of the molecule is CCN(Cc1ccncc1)[C@H]1CCCN(S(=O)(=O)c2ccccc2C(=O)OC)C1. The first kappa shape index (κ1) is 21.4. The van der Waals surface area contributed by atoms with Crippen LogP contribution < -0.4 is 0 Å². The molecule has 8 heteroatoms. The minimum absolute atomic E-state index is 0.00434. The van der Waals surface area contributed by atoms with Crippen molar-refractivity contribution >= 4 is 16.0 Å². The Kier molecular flexibility index (Phi) is 7.00. The van der Waals surface area contributed by atoms with E-state index in [2.05, 4.69) is 16.8 Å². The molecule has 0 spiro atoms. The molecule has 0 aliphatic carbocycles. The predicted molar refractivity (Wildman–Crippen MR) is 110 cm³/mol. The molecule has 3 rings (SSSR count). The van der Waals surface area contributed by atoms with Gasteiger partial charge < -0.3 is 4.74 Å². The molecule has 2 aromatic rings. The topological polar surface area (TPSA) is 79.8 Å². The van der Waals surface area contributed by atoms with E-state index in [0.29, 0.717) is 13.1 Å². The fourth-order valence-electron chi connectivity index (χ4n) is 3.77. The van der Waals surface area contributed by atoms with Crippen molar-refractivity contribution in [1.82, 2.24) is 14.2 Å². The van der Waals surface area contributed by atoms with Gasteiger partial charge in [-0.1, -0.05) is 19.1 Å². The Labute approximate surface area is 172 Å². The number of hydrogen-bond donors (Lipinski definition) is 0. The average Bonchev–Trinajstić information content (AvgIpc) is 2.77. The summed E-state index contributed by atoms with van der Waals surface area (Å²) in [4.78, 5) is 18.4. The number of rotatable bonds is 7. The van der Waals surface area contributed by atoms with Gasteiger partial charge in [0.25, 0.3) is 0 Å². The van der Waals surface area contributed by atoms with Crippen LogP contribution in [0.5, 0.6) is 0 Å². The van der Waals surface area contributed by atoms with E-state index in [9.17, 15) is 13.2 Å². The smallest absolute Gasteiger partial charge is 0.339 e. The van der Waals surface area contributed by atoms with Crippen LogP contribution in [0.25, 0.3) is 0 Å². The number of nitrogens with zero attached hydrogens (tertiary/aromatic N) is 3. The minimum Gasteiger partial charge on any atom is -0.465 e. The Hall–Kier alpha value is -2.29. The van der Waals surface area contributed by atoms with Gasteiger partial charge in [-0.05, 0) is 49.2 Å². The molecule has 0 bridgehead atoms. The molecule has 7 nitrogen and oxygen atoms in total. The summed E-state index contributed by atoms with van der Waals surface area (Å²) in [6.07, 6.45) is 5.25. The van der Waals surface area contributed by atoms with Gasteiger partial charge in [0.1, 0.15) is 0 Å². The van der Waals surface area contributed by atoms with E-state index in [1.165, 1.54) is 23.5 Å². The summed E-state index contributed by atoms with van der Waals surface area (Å²) in [6, 6.07) is 10.3. The van der Waals surface area contributed by atoms with E-state index in [1.54, 1.807) is 24.5 Å². The summed E-state index contributed by atoms with van der Waals surface area (Å²) in [5.41, 5.74) is 1.22. The molecule has 0 saturated carbocycles. The standard InChI is InChI=1S/C21H27N3O4S/c1-3-23(15-17-10-12-22-13-11-17)18-7-6-14-24(16-18)29(26,27)20-9-5-4-8-19(20)21(25)28-2/h4-5,8-13,18H,3,6-7,14-16H2,1-2H3/t18-/m0/s1. The second kappa shape index (κ2) is 9.47. The van der Waals surface area contributed by atoms with Gasteiger partial charge in [0.15, 0.2) is 0 Å². The Balaban J connectivity index is 1.82. The normalized spacial score (nSPS) is 18.0. The zero-order valence-electron chi connectivity index (χ0n) is 16.8. The molecule has 2 heterocycles. The van der Waals surface area contributed by atoms with Crippen LogP contribution in [0.3, 0.4) is 0 Å². The first-order valence-electron chi connectivity index (χ1n) is 9.77. The summed E-state index contributed by atoms with van der Waals surface area (Å²) >= 11 is 0. The third-order valence-corrected chi connectivity index (χ3v) is 7.25. The van der Waals surface area contributed by atoms with Crippen molar-refractivity contribution in [3.8, 4) is 0 Å². The molecule has 1 aromatic carbocycles. The third-order valence-electron chi connectivity index (χ3n) is 5.33. The molecular formula is C21H27N3O4S. The summed E-state index contributed by atoms with van der Waals surface area (Å²) in [7, 11) is -2.55. The number of benzene rings is 1. The number of pyridine rings is 1. The molecule has 1 saturated heterocycles. The zero-order chi connectivity index (χ0) is 20.9. The van der Waals surface area contributed by atoms with E-state index >= 15 is 0 Å². The average molecular weight is 418 g/mol. The predicted octanol–water partition coefficient (Wildman–Crippen LogP) is 2.54. The molecule has 156 valence electrons. The lowest BCUT2D eigenvalue weighted by molar-refractivity contribution is 0.0596. The van der Waals surface area contributed by atoms with Crippen LogP contribution in [-0.2, 0) is 21.3 Å². The van der Waals surface area contributed by atoms with Gasteiger partial charge in [-0.25, -0.2) is 13.2 Å². The lowest BCUT2D eigenvalue weighted by Crippen LogP contribution is -2.49. The molecule has 1 aliphatic heterocycles. The van der Waals surface area contributed by atoms with Gasteiger partial charge in [-0.2, -0.15) is 4.31 Å². The van der Waals surface area contributed by atoms with Gasteiger partial charge in [0, 0.05) is 38.1 Å². The Morgan fingerprint density at radius 3 is 2.66 bits per heavy atom. The van der Waals surface area contributed by atoms with Crippen molar-refractivity contribution in [2.45, 2.75) is 37.2 Å². The molecule has 1 aromatic heterocycles. The lowest BCUT2D eigenvalue weighted by atomic mass is 10.1. The molecule has 1 fully saturated rings. The quantitative estimate of drug-likeness (QED) is 0.644. The van der Waals surface area contributed by atoms with E-state index in [-0.39, 0.29) is 16.5 Å². The highest BCUT2D eigenvalue weighted by Gasteiger charge is 2.34. The molecule has 0 amide bonds.